The van der Waals surface area contributed by atoms with Crippen molar-refractivity contribution in [1.82, 2.24) is 14.5 Å². The maximum atomic E-state index is 13.4. The van der Waals surface area contributed by atoms with Gasteiger partial charge in [0.15, 0.2) is 12.3 Å². The molecule has 41 heavy (non-hydrogen) atoms. The van der Waals surface area contributed by atoms with Gasteiger partial charge in [0.05, 0.1) is 10.9 Å². The molecule has 3 heterocycles. The van der Waals surface area contributed by atoms with Crippen LogP contribution in [-0.4, -0.2) is 49.0 Å². The van der Waals surface area contributed by atoms with E-state index in [-0.39, 0.29) is 5.15 Å². The van der Waals surface area contributed by atoms with Crippen LogP contribution in [0.3, 0.4) is 0 Å². The Morgan fingerprint density at radius 2 is 1.61 bits per heavy atom. The quantitative estimate of drug-likeness (QED) is 0.123. The topological polar surface area (TPSA) is 107 Å². The molecule has 2 aromatic heterocycles. The van der Waals surface area contributed by atoms with Crippen LogP contribution in [0.15, 0.2) is 91.4 Å². The van der Waals surface area contributed by atoms with Crippen molar-refractivity contribution in [3.63, 3.8) is 0 Å². The van der Waals surface area contributed by atoms with Gasteiger partial charge in [0.1, 0.15) is 35.4 Å². The zero-order valence-electron chi connectivity index (χ0n) is 21.1. The Balaban J connectivity index is 1.31. The number of aliphatic hydroxyl groups excluding tert-OH is 2. The molecule has 2 N–H and O–H groups in total. The first-order valence-electron chi connectivity index (χ1n) is 12.6. The Morgan fingerprint density at radius 3 is 2.32 bits per heavy atom. The van der Waals surface area contributed by atoms with Crippen molar-refractivity contribution in [1.29, 1.82) is 0 Å². The van der Waals surface area contributed by atoms with Crippen molar-refractivity contribution in [2.24, 2.45) is 0 Å². The largest absolute Gasteiger partial charge is 0.451 e. The van der Waals surface area contributed by atoms with Crippen LogP contribution in [0.4, 0.5) is 0 Å². The Bertz CT molecular complexity index is 1700. The van der Waals surface area contributed by atoms with Crippen molar-refractivity contribution in [3.8, 4) is 11.1 Å². The molecule has 1 fully saturated rings. The summed E-state index contributed by atoms with van der Waals surface area (Å²) in [5.74, 6) is -0.612. The molecule has 1 aliphatic rings. The zero-order valence-corrected chi connectivity index (χ0v) is 24.8. The summed E-state index contributed by atoms with van der Waals surface area (Å²) in [6.07, 6.45) is -2.95. The van der Waals surface area contributed by atoms with E-state index in [1.807, 2.05) is 42.5 Å². The highest BCUT2D eigenvalue weighted by Gasteiger charge is 2.49. The smallest absolute Gasteiger partial charge is 0.338 e. The van der Waals surface area contributed by atoms with E-state index in [1.165, 1.54) is 6.33 Å². The van der Waals surface area contributed by atoms with E-state index < -0.39 is 36.6 Å². The Kier molecular flexibility index (Phi) is 7.99. The summed E-state index contributed by atoms with van der Waals surface area (Å²) >= 11 is 14.5. The minimum atomic E-state index is -1.40. The van der Waals surface area contributed by atoms with Crippen LogP contribution in [0, 0.1) is 3.57 Å². The molecule has 11 heteroatoms. The third-order valence-electron chi connectivity index (χ3n) is 7.02. The molecule has 0 amide bonds. The number of benzene rings is 3. The van der Waals surface area contributed by atoms with E-state index in [9.17, 15) is 15.0 Å². The lowest BCUT2D eigenvalue weighted by atomic mass is 9.98. The average Bonchev–Trinajstić information content (AvgIpc) is 3.48. The number of hydrogen-bond donors (Lipinski definition) is 2. The van der Waals surface area contributed by atoms with Crippen LogP contribution >= 0.6 is 45.8 Å². The summed E-state index contributed by atoms with van der Waals surface area (Å²) < 4.78 is 14.6. The van der Waals surface area contributed by atoms with Crippen molar-refractivity contribution >= 4 is 62.8 Å². The van der Waals surface area contributed by atoms with E-state index in [0.29, 0.717) is 27.2 Å². The number of carbonyl (C=O) groups excluding carboxylic acids is 1. The molecule has 1 aliphatic heterocycles. The number of fused-ring (bicyclic) bond motifs is 1. The molecule has 0 spiro atoms. The lowest BCUT2D eigenvalue weighted by Gasteiger charge is -2.26. The van der Waals surface area contributed by atoms with Gasteiger partial charge in [-0.25, -0.2) is 14.8 Å². The van der Waals surface area contributed by atoms with Gasteiger partial charge in [-0.3, -0.25) is 0 Å². The first-order valence-corrected chi connectivity index (χ1v) is 14.5. The Hall–Kier alpha value is -3.06. The standard InChI is InChI=1S/C30H22Cl2IN3O5/c31-20-12-10-18(11-13-20)25(41-30(39)19-8-6-17(7-9-19)16-4-2-1-3-5-16)26-23(37)24(38)29(40-26)36-14-21(33)22-27(32)34-15-35-28(22)36/h1-15,23-26,29,37-38H/t23-,24+,25?,26-,29+/m0/s1. The van der Waals surface area contributed by atoms with Crippen molar-refractivity contribution in [3.05, 3.63) is 116 Å². The van der Waals surface area contributed by atoms with Crippen LogP contribution in [0.1, 0.15) is 28.3 Å². The summed E-state index contributed by atoms with van der Waals surface area (Å²) in [7, 11) is 0. The lowest BCUT2D eigenvalue weighted by Crippen LogP contribution is -2.36. The van der Waals surface area contributed by atoms with Crippen LogP contribution < -0.4 is 0 Å². The van der Waals surface area contributed by atoms with E-state index in [4.69, 9.17) is 32.7 Å². The van der Waals surface area contributed by atoms with Gasteiger partial charge in [-0.1, -0.05) is 77.8 Å². The second-order valence-corrected chi connectivity index (χ2v) is 11.5. The minimum Gasteiger partial charge on any atom is -0.451 e. The molecule has 0 saturated carbocycles. The summed E-state index contributed by atoms with van der Waals surface area (Å²) in [5, 5.41) is 23.7. The monoisotopic (exact) mass is 701 g/mol. The molecule has 6 rings (SSSR count). The fraction of sp³-hybridized carbons (Fsp3) is 0.167. The first kappa shape index (κ1) is 28.1. The van der Waals surface area contributed by atoms with Gasteiger partial charge in [0.2, 0.25) is 0 Å². The number of hydrogen-bond acceptors (Lipinski definition) is 7. The highest BCUT2D eigenvalue weighted by molar-refractivity contribution is 14.1. The fourth-order valence-electron chi connectivity index (χ4n) is 4.95. The van der Waals surface area contributed by atoms with Crippen molar-refractivity contribution in [2.45, 2.75) is 30.6 Å². The van der Waals surface area contributed by atoms with Crippen LogP contribution in [0.25, 0.3) is 22.2 Å². The molecule has 1 unspecified atom stereocenters. The van der Waals surface area contributed by atoms with Gasteiger partial charge < -0.3 is 24.3 Å². The molecular formula is C30H22Cl2IN3O5. The van der Waals surface area contributed by atoms with E-state index in [0.717, 1.165) is 14.7 Å². The summed E-state index contributed by atoms with van der Waals surface area (Å²) in [4.78, 5) is 21.7. The normalized spacial score (nSPS) is 21.2. The third kappa shape index (κ3) is 5.45. The number of aromatic nitrogens is 3. The van der Waals surface area contributed by atoms with Gasteiger partial charge in [0, 0.05) is 14.8 Å². The lowest BCUT2D eigenvalue weighted by molar-refractivity contribution is -0.0916. The number of ether oxygens (including phenoxy) is 2. The van der Waals surface area contributed by atoms with Crippen LogP contribution in [0.2, 0.25) is 10.2 Å². The number of carbonyl (C=O) groups is 1. The van der Waals surface area contributed by atoms with Gasteiger partial charge in [-0.15, -0.1) is 0 Å². The number of aliphatic hydroxyl groups is 2. The Morgan fingerprint density at radius 1 is 0.927 bits per heavy atom. The maximum Gasteiger partial charge on any atom is 0.338 e. The molecule has 0 radical (unpaired) electrons. The molecule has 8 nitrogen and oxygen atoms in total. The second kappa shape index (κ2) is 11.7. The minimum absolute atomic E-state index is 0.258. The van der Waals surface area contributed by atoms with E-state index in [2.05, 4.69) is 32.6 Å². The fourth-order valence-corrected chi connectivity index (χ4v) is 6.27. The number of esters is 1. The summed E-state index contributed by atoms with van der Waals surface area (Å²) in [6.45, 7) is 0. The van der Waals surface area contributed by atoms with Crippen molar-refractivity contribution in [2.75, 3.05) is 0 Å². The zero-order chi connectivity index (χ0) is 28.7. The number of halogens is 3. The van der Waals surface area contributed by atoms with E-state index >= 15 is 0 Å². The predicted octanol–water partition coefficient (Wildman–Crippen LogP) is 6.23. The summed E-state index contributed by atoms with van der Waals surface area (Å²) in [5.41, 5.74) is 3.27. The number of nitrogens with zero attached hydrogens (tertiary/aromatic N) is 3. The van der Waals surface area contributed by atoms with Gasteiger partial charge in [-0.05, 0) is 63.5 Å². The predicted molar refractivity (Wildman–Crippen MR) is 163 cm³/mol. The van der Waals surface area contributed by atoms with Crippen LogP contribution in [-0.2, 0) is 9.47 Å². The molecule has 0 aliphatic carbocycles. The van der Waals surface area contributed by atoms with Gasteiger partial charge >= 0.3 is 5.97 Å². The Labute approximate surface area is 258 Å². The van der Waals surface area contributed by atoms with Gasteiger partial charge in [-0.2, -0.15) is 0 Å². The maximum absolute atomic E-state index is 13.4. The SMILES string of the molecule is O=C(OC(c1ccc(Cl)cc1)[C@H]1O[C@@H](n2cc(I)c3c(Cl)ncnc32)[C@H](O)[C@@H]1O)c1ccc(-c2ccccc2)cc1. The highest BCUT2D eigenvalue weighted by atomic mass is 127. The van der Waals surface area contributed by atoms with Gasteiger partial charge in [0.25, 0.3) is 0 Å². The summed E-state index contributed by atoms with van der Waals surface area (Å²) in [6, 6.07) is 23.5. The molecule has 5 aromatic rings. The molecule has 208 valence electrons. The first-order chi connectivity index (χ1) is 19.8. The third-order valence-corrected chi connectivity index (χ3v) is 8.38. The molecule has 5 atom stereocenters. The second-order valence-electron chi connectivity index (χ2n) is 9.54. The van der Waals surface area contributed by atoms with Crippen LogP contribution in [0.5, 0.6) is 0 Å². The van der Waals surface area contributed by atoms with Crippen molar-refractivity contribution < 1.29 is 24.5 Å². The molecule has 3 aromatic carbocycles. The molecule has 0 bridgehead atoms. The van der Waals surface area contributed by atoms with E-state index in [1.54, 1.807) is 47.2 Å². The average molecular weight is 702 g/mol. The number of rotatable bonds is 6. The molecule has 1 saturated heterocycles. The highest BCUT2D eigenvalue weighted by Crippen LogP contribution is 2.41. The molecular weight excluding hydrogens is 680 g/mol.